The van der Waals surface area contributed by atoms with E-state index in [1.807, 2.05) is 0 Å². The number of nitrogens with one attached hydrogen (secondary N) is 1. The highest BCUT2D eigenvalue weighted by Crippen LogP contribution is 2.27. The van der Waals surface area contributed by atoms with Crippen molar-refractivity contribution in [2.75, 3.05) is 13.1 Å². The van der Waals surface area contributed by atoms with E-state index in [1.165, 1.54) is 12.8 Å². The van der Waals surface area contributed by atoms with E-state index in [9.17, 15) is 9.90 Å². The molecule has 6 heteroatoms. The van der Waals surface area contributed by atoms with Gasteiger partial charge in [0.15, 0.2) is 0 Å². The molecule has 0 unspecified atom stereocenters. The summed E-state index contributed by atoms with van der Waals surface area (Å²) in [5.74, 6) is 0.344. The van der Waals surface area contributed by atoms with Crippen molar-refractivity contribution < 1.29 is 9.90 Å². The van der Waals surface area contributed by atoms with E-state index < -0.39 is 6.10 Å². The molecule has 6 nitrogen and oxygen atoms in total. The van der Waals surface area contributed by atoms with Gasteiger partial charge in [0.2, 0.25) is 0 Å². The number of carbonyl (C=O) groups excluding carboxylic acids is 1. The van der Waals surface area contributed by atoms with Gasteiger partial charge in [-0.25, -0.2) is 9.97 Å². The van der Waals surface area contributed by atoms with Crippen LogP contribution in [0.1, 0.15) is 42.0 Å². The van der Waals surface area contributed by atoms with Gasteiger partial charge in [-0.3, -0.25) is 9.69 Å². The number of hydrogen-bond donors (Lipinski definition) is 2. The Bertz CT molecular complexity index is 516. The molecule has 1 aromatic heterocycles. The average Bonchev–Trinajstić information content (AvgIpc) is 3.10. The quantitative estimate of drug-likeness (QED) is 0.847. The normalized spacial score (nSPS) is 29.7. The maximum absolute atomic E-state index is 12.2. The SMILES string of the molecule is Cc1nccc(C(=O)N[C@@H]2CC[C@@H](N3CCCC3)[C@@H]2O)n1. The van der Waals surface area contributed by atoms with Crippen LogP contribution in [-0.2, 0) is 0 Å². The Morgan fingerprint density at radius 3 is 2.86 bits per heavy atom. The molecule has 3 atom stereocenters. The minimum absolute atomic E-state index is 0.182. The molecule has 114 valence electrons. The fourth-order valence-corrected chi connectivity index (χ4v) is 3.41. The summed E-state index contributed by atoms with van der Waals surface area (Å²) in [4.78, 5) is 22.7. The van der Waals surface area contributed by atoms with Crippen molar-refractivity contribution in [1.29, 1.82) is 0 Å². The van der Waals surface area contributed by atoms with E-state index >= 15 is 0 Å². The molecular formula is C15H22N4O2. The number of likely N-dealkylation sites (tertiary alicyclic amines) is 1. The Labute approximate surface area is 124 Å². The standard InChI is InChI=1S/C15H22N4O2/c1-10-16-7-6-12(17-10)15(21)18-11-4-5-13(14(11)20)19-8-2-3-9-19/h6-7,11,13-14,20H,2-5,8-9H2,1H3,(H,18,21)/t11-,13-,14-/m1/s1. The van der Waals surface area contributed by atoms with Gasteiger partial charge in [0.1, 0.15) is 11.5 Å². The first kappa shape index (κ1) is 14.4. The smallest absolute Gasteiger partial charge is 0.270 e. The van der Waals surface area contributed by atoms with Gasteiger partial charge in [0.25, 0.3) is 5.91 Å². The minimum Gasteiger partial charge on any atom is -0.389 e. The topological polar surface area (TPSA) is 78.4 Å². The molecule has 2 aliphatic rings. The molecule has 1 saturated carbocycles. The summed E-state index contributed by atoms with van der Waals surface area (Å²) in [6.07, 6.45) is 5.26. The molecular weight excluding hydrogens is 268 g/mol. The number of aromatic nitrogens is 2. The minimum atomic E-state index is -0.491. The zero-order valence-electron chi connectivity index (χ0n) is 12.3. The first-order valence-electron chi connectivity index (χ1n) is 7.68. The van der Waals surface area contributed by atoms with Gasteiger partial charge in [-0.2, -0.15) is 0 Å². The van der Waals surface area contributed by atoms with Gasteiger partial charge in [0.05, 0.1) is 12.1 Å². The zero-order chi connectivity index (χ0) is 14.8. The van der Waals surface area contributed by atoms with Crippen LogP contribution in [0.3, 0.4) is 0 Å². The van der Waals surface area contributed by atoms with E-state index in [1.54, 1.807) is 19.2 Å². The first-order chi connectivity index (χ1) is 10.1. The third-order valence-corrected chi connectivity index (χ3v) is 4.51. The molecule has 1 aromatic rings. The monoisotopic (exact) mass is 290 g/mol. The molecule has 1 amide bonds. The summed E-state index contributed by atoms with van der Waals surface area (Å²) in [6.45, 7) is 3.88. The zero-order valence-corrected chi connectivity index (χ0v) is 12.3. The molecule has 21 heavy (non-hydrogen) atoms. The van der Waals surface area contributed by atoms with Crippen molar-refractivity contribution in [2.45, 2.75) is 50.8 Å². The fourth-order valence-electron chi connectivity index (χ4n) is 3.41. The lowest BCUT2D eigenvalue weighted by Gasteiger charge is -2.28. The van der Waals surface area contributed by atoms with E-state index in [4.69, 9.17) is 0 Å². The molecule has 2 heterocycles. The van der Waals surface area contributed by atoms with Gasteiger partial charge in [-0.05, 0) is 51.8 Å². The Morgan fingerprint density at radius 1 is 1.38 bits per heavy atom. The molecule has 0 spiro atoms. The predicted octanol–water partition coefficient (Wildman–Crippen LogP) is 0.503. The number of rotatable bonds is 3. The predicted molar refractivity (Wildman–Crippen MR) is 77.9 cm³/mol. The molecule has 3 rings (SSSR count). The maximum Gasteiger partial charge on any atom is 0.270 e. The van der Waals surface area contributed by atoms with Crippen molar-refractivity contribution in [3.05, 3.63) is 23.8 Å². The van der Waals surface area contributed by atoms with Crippen LogP contribution >= 0.6 is 0 Å². The highest BCUT2D eigenvalue weighted by atomic mass is 16.3. The van der Waals surface area contributed by atoms with Crippen molar-refractivity contribution in [3.63, 3.8) is 0 Å². The Balaban J connectivity index is 1.61. The molecule has 1 saturated heterocycles. The van der Waals surface area contributed by atoms with E-state index in [-0.39, 0.29) is 18.0 Å². The third kappa shape index (κ3) is 3.06. The molecule has 2 fully saturated rings. The molecule has 0 radical (unpaired) electrons. The average molecular weight is 290 g/mol. The Morgan fingerprint density at radius 2 is 2.14 bits per heavy atom. The van der Waals surface area contributed by atoms with Crippen LogP contribution in [0.4, 0.5) is 0 Å². The molecule has 2 N–H and O–H groups in total. The van der Waals surface area contributed by atoms with Crippen molar-refractivity contribution >= 4 is 5.91 Å². The number of nitrogens with zero attached hydrogens (tertiary/aromatic N) is 3. The van der Waals surface area contributed by atoms with Crippen LogP contribution in [0.25, 0.3) is 0 Å². The van der Waals surface area contributed by atoms with Crippen molar-refractivity contribution in [2.24, 2.45) is 0 Å². The number of amides is 1. The van der Waals surface area contributed by atoms with Crippen molar-refractivity contribution in [1.82, 2.24) is 20.2 Å². The summed E-state index contributed by atoms with van der Waals surface area (Å²) < 4.78 is 0. The number of aliphatic hydroxyl groups is 1. The third-order valence-electron chi connectivity index (χ3n) is 4.51. The van der Waals surface area contributed by atoms with Gasteiger partial charge in [-0.1, -0.05) is 0 Å². The number of aryl methyl sites for hydroxylation is 1. The highest BCUT2D eigenvalue weighted by Gasteiger charge is 2.39. The van der Waals surface area contributed by atoms with Gasteiger partial charge in [-0.15, -0.1) is 0 Å². The van der Waals surface area contributed by atoms with Crippen LogP contribution in [0.2, 0.25) is 0 Å². The largest absolute Gasteiger partial charge is 0.389 e. The Kier molecular flexibility index (Phi) is 4.17. The van der Waals surface area contributed by atoms with Crippen LogP contribution < -0.4 is 5.32 Å². The van der Waals surface area contributed by atoms with Crippen LogP contribution in [0.15, 0.2) is 12.3 Å². The summed E-state index contributed by atoms with van der Waals surface area (Å²) >= 11 is 0. The summed E-state index contributed by atoms with van der Waals surface area (Å²) in [5, 5.41) is 13.4. The lowest BCUT2D eigenvalue weighted by molar-refractivity contribution is 0.0617. The van der Waals surface area contributed by atoms with E-state index in [0.29, 0.717) is 11.5 Å². The second kappa shape index (κ2) is 6.07. The molecule has 0 bridgehead atoms. The second-order valence-corrected chi connectivity index (χ2v) is 5.95. The number of carbonyl (C=O) groups is 1. The van der Waals surface area contributed by atoms with Crippen LogP contribution in [-0.4, -0.2) is 57.2 Å². The van der Waals surface area contributed by atoms with Crippen molar-refractivity contribution in [3.8, 4) is 0 Å². The molecule has 0 aromatic carbocycles. The second-order valence-electron chi connectivity index (χ2n) is 5.95. The molecule has 1 aliphatic carbocycles. The van der Waals surface area contributed by atoms with Gasteiger partial charge < -0.3 is 10.4 Å². The van der Waals surface area contributed by atoms with E-state index in [0.717, 1.165) is 25.9 Å². The van der Waals surface area contributed by atoms with Crippen LogP contribution in [0, 0.1) is 6.92 Å². The van der Waals surface area contributed by atoms with Gasteiger partial charge in [0, 0.05) is 12.2 Å². The summed E-state index contributed by atoms with van der Waals surface area (Å²) in [7, 11) is 0. The highest BCUT2D eigenvalue weighted by molar-refractivity contribution is 5.92. The first-order valence-corrected chi connectivity index (χ1v) is 7.68. The van der Waals surface area contributed by atoms with Crippen LogP contribution in [0.5, 0.6) is 0 Å². The Hall–Kier alpha value is -1.53. The molecule has 1 aliphatic heterocycles. The fraction of sp³-hybridized carbons (Fsp3) is 0.667. The maximum atomic E-state index is 12.2. The lowest BCUT2D eigenvalue weighted by atomic mass is 10.1. The number of aliphatic hydroxyl groups excluding tert-OH is 1. The van der Waals surface area contributed by atoms with Gasteiger partial charge >= 0.3 is 0 Å². The lowest BCUT2D eigenvalue weighted by Crippen LogP contribution is -2.47. The summed E-state index contributed by atoms with van der Waals surface area (Å²) in [5.41, 5.74) is 0.360. The summed E-state index contributed by atoms with van der Waals surface area (Å²) in [6, 6.07) is 1.60. The van der Waals surface area contributed by atoms with E-state index in [2.05, 4.69) is 20.2 Å². The number of hydrogen-bond acceptors (Lipinski definition) is 5.